The van der Waals surface area contributed by atoms with E-state index in [0.29, 0.717) is 23.4 Å². The van der Waals surface area contributed by atoms with Gasteiger partial charge in [0.15, 0.2) is 0 Å². The normalized spacial score (nSPS) is 13.1. The molecule has 1 saturated carbocycles. The molecule has 1 amide bonds. The van der Waals surface area contributed by atoms with E-state index in [1.165, 1.54) is 31.2 Å². The molecule has 3 rings (SSSR count). The van der Waals surface area contributed by atoms with Crippen LogP contribution < -0.4 is 5.32 Å². The van der Waals surface area contributed by atoms with Crippen molar-refractivity contribution in [1.29, 1.82) is 0 Å². The number of nitrogens with zero attached hydrogens (tertiary/aromatic N) is 1. The van der Waals surface area contributed by atoms with Gasteiger partial charge in [-0.25, -0.2) is 13.8 Å². The minimum absolute atomic E-state index is 0.376. The second-order valence-electron chi connectivity index (χ2n) is 5.03. The Morgan fingerprint density at radius 3 is 2.19 bits per heavy atom. The minimum atomic E-state index is -0.643. The van der Waals surface area contributed by atoms with Crippen LogP contribution in [0.15, 0.2) is 36.5 Å². The Morgan fingerprint density at radius 2 is 1.76 bits per heavy atom. The van der Waals surface area contributed by atoms with Gasteiger partial charge in [-0.3, -0.25) is 4.79 Å². The predicted octanol–water partition coefficient (Wildman–Crippen LogP) is 4.01. The summed E-state index contributed by atoms with van der Waals surface area (Å²) in [5.74, 6) is 0.172. The Bertz CT molecular complexity index is 590. The molecule has 1 aliphatic rings. The first-order valence-corrected chi connectivity index (χ1v) is 6.71. The zero-order valence-corrected chi connectivity index (χ0v) is 11.6. The number of benzene rings is 1. The van der Waals surface area contributed by atoms with Crippen molar-refractivity contribution in [3.63, 3.8) is 0 Å². The smallest absolute Gasteiger partial charge is 0.212 e. The van der Waals surface area contributed by atoms with Crippen molar-refractivity contribution >= 4 is 12.2 Å². The summed E-state index contributed by atoms with van der Waals surface area (Å²) in [4.78, 5) is 14.1. The van der Waals surface area contributed by atoms with Crippen LogP contribution >= 0.6 is 0 Å². The van der Waals surface area contributed by atoms with Gasteiger partial charge in [-0.2, -0.15) is 0 Å². The van der Waals surface area contributed by atoms with E-state index in [1.54, 1.807) is 12.1 Å². The van der Waals surface area contributed by atoms with E-state index < -0.39 is 11.6 Å². The van der Waals surface area contributed by atoms with Crippen LogP contribution in [0.3, 0.4) is 0 Å². The molecule has 5 heteroatoms. The van der Waals surface area contributed by atoms with Gasteiger partial charge in [-0.05, 0) is 35.7 Å². The summed E-state index contributed by atoms with van der Waals surface area (Å²) in [6, 6.07) is 6.40. The number of hydrogen-bond acceptors (Lipinski definition) is 2. The minimum Gasteiger partial charge on any atom is -0.313 e. The second kappa shape index (κ2) is 6.92. The highest BCUT2D eigenvalue weighted by molar-refractivity contribution is 5.70. The van der Waals surface area contributed by atoms with Crippen molar-refractivity contribution in [3.05, 3.63) is 48.2 Å². The van der Waals surface area contributed by atoms with Gasteiger partial charge in [0.2, 0.25) is 6.41 Å². The van der Waals surface area contributed by atoms with Gasteiger partial charge in [0.05, 0.1) is 0 Å². The molecule has 1 heterocycles. The third kappa shape index (κ3) is 4.95. The third-order valence-electron chi connectivity index (χ3n) is 3.03. The van der Waals surface area contributed by atoms with Crippen LogP contribution in [0.5, 0.6) is 0 Å². The van der Waals surface area contributed by atoms with Crippen LogP contribution in [0.2, 0.25) is 0 Å². The van der Waals surface area contributed by atoms with Gasteiger partial charge < -0.3 is 5.32 Å². The van der Waals surface area contributed by atoms with Crippen molar-refractivity contribution in [2.24, 2.45) is 5.92 Å². The number of amides is 1. The molecule has 21 heavy (non-hydrogen) atoms. The van der Waals surface area contributed by atoms with E-state index in [1.807, 2.05) is 0 Å². The van der Waals surface area contributed by atoms with Crippen LogP contribution in [-0.4, -0.2) is 11.4 Å². The Kier molecular flexibility index (Phi) is 4.98. The highest BCUT2D eigenvalue weighted by atomic mass is 19.1. The highest BCUT2D eigenvalue weighted by Gasteiger charge is 2.12. The van der Waals surface area contributed by atoms with E-state index >= 15 is 0 Å². The first-order valence-electron chi connectivity index (χ1n) is 6.71. The lowest BCUT2D eigenvalue weighted by Crippen LogP contribution is -1.96. The summed E-state index contributed by atoms with van der Waals surface area (Å²) in [5.41, 5.74) is 0.965. The lowest BCUT2D eigenvalue weighted by atomic mass is 10.1. The molecule has 0 aliphatic heterocycles. The van der Waals surface area contributed by atoms with Gasteiger partial charge in [-0.1, -0.05) is 19.8 Å². The summed E-state index contributed by atoms with van der Waals surface area (Å²) >= 11 is 0. The number of aromatic nitrogens is 1. The molecule has 1 aromatic heterocycles. The Balaban J connectivity index is 0.000000347. The first-order chi connectivity index (χ1) is 10.1. The first kappa shape index (κ1) is 15.1. The summed E-state index contributed by atoms with van der Waals surface area (Å²) in [6.07, 6.45) is 4.91. The molecule has 0 spiro atoms. The summed E-state index contributed by atoms with van der Waals surface area (Å²) in [7, 11) is 0. The Labute approximate surface area is 122 Å². The maximum atomic E-state index is 13.0. The van der Waals surface area contributed by atoms with E-state index in [9.17, 15) is 13.6 Å². The van der Waals surface area contributed by atoms with Gasteiger partial charge in [0.25, 0.3) is 0 Å². The largest absolute Gasteiger partial charge is 0.313 e. The quantitative estimate of drug-likeness (QED) is 0.868. The number of carbonyl (C=O) groups is 1. The SMILES string of the molecule is CC1CC1.O=CNc1ccc(-c2cc(F)cc(F)c2)cn1. The second-order valence-corrected chi connectivity index (χ2v) is 5.03. The van der Waals surface area contributed by atoms with E-state index in [-0.39, 0.29) is 0 Å². The Hall–Kier alpha value is -2.30. The molecule has 1 N–H and O–H groups in total. The van der Waals surface area contributed by atoms with Crippen LogP contribution in [0, 0.1) is 17.6 Å². The lowest BCUT2D eigenvalue weighted by Gasteiger charge is -2.03. The Morgan fingerprint density at radius 1 is 1.14 bits per heavy atom. The maximum Gasteiger partial charge on any atom is 0.212 e. The van der Waals surface area contributed by atoms with Crippen molar-refractivity contribution in [3.8, 4) is 11.1 Å². The molecule has 2 aromatic rings. The molecule has 0 bridgehead atoms. The van der Waals surface area contributed by atoms with Gasteiger partial charge >= 0.3 is 0 Å². The molecule has 3 nitrogen and oxygen atoms in total. The number of pyridine rings is 1. The molecular weight excluding hydrogens is 274 g/mol. The zero-order valence-electron chi connectivity index (χ0n) is 11.6. The fourth-order valence-electron chi connectivity index (χ4n) is 1.60. The number of rotatable bonds is 3. The molecular formula is C16H16F2N2O. The standard InChI is InChI=1S/C12H8F2N2O.C4H8/c13-10-3-9(4-11(14)5-10)8-1-2-12(15-6-8)16-7-17;1-4-2-3-4/h1-7H,(H,15,16,17);4H,2-3H2,1H3. The maximum absolute atomic E-state index is 13.0. The fraction of sp³-hybridized carbons (Fsp3) is 0.250. The highest BCUT2D eigenvalue weighted by Crippen LogP contribution is 2.26. The summed E-state index contributed by atoms with van der Waals surface area (Å²) in [6.45, 7) is 2.28. The fourth-order valence-corrected chi connectivity index (χ4v) is 1.60. The van der Waals surface area contributed by atoms with Crippen molar-refractivity contribution in [2.75, 3.05) is 5.32 Å². The summed E-state index contributed by atoms with van der Waals surface area (Å²) < 4.78 is 26.0. The van der Waals surface area contributed by atoms with Gasteiger partial charge in [0.1, 0.15) is 17.5 Å². The van der Waals surface area contributed by atoms with Crippen molar-refractivity contribution in [1.82, 2.24) is 4.98 Å². The molecule has 0 unspecified atom stereocenters. The number of hydrogen-bond donors (Lipinski definition) is 1. The van der Waals surface area contributed by atoms with Crippen LogP contribution in [0.1, 0.15) is 19.8 Å². The number of anilines is 1. The molecule has 110 valence electrons. The number of halogens is 2. The van der Waals surface area contributed by atoms with Gasteiger partial charge in [-0.15, -0.1) is 0 Å². The molecule has 0 atom stereocenters. The van der Waals surface area contributed by atoms with Crippen LogP contribution in [0.4, 0.5) is 14.6 Å². The van der Waals surface area contributed by atoms with Crippen molar-refractivity contribution < 1.29 is 13.6 Å². The average Bonchev–Trinajstić information content (AvgIpc) is 3.22. The van der Waals surface area contributed by atoms with Gasteiger partial charge in [0, 0.05) is 17.8 Å². The number of nitrogens with one attached hydrogen (secondary N) is 1. The molecule has 0 saturated heterocycles. The molecule has 1 aliphatic carbocycles. The van der Waals surface area contributed by atoms with Crippen molar-refractivity contribution in [2.45, 2.75) is 19.8 Å². The lowest BCUT2D eigenvalue weighted by molar-refractivity contribution is -0.105. The average molecular weight is 290 g/mol. The number of carbonyl (C=O) groups excluding carboxylic acids is 1. The third-order valence-corrected chi connectivity index (χ3v) is 3.03. The van der Waals surface area contributed by atoms with E-state index in [4.69, 9.17) is 0 Å². The topological polar surface area (TPSA) is 42.0 Å². The summed E-state index contributed by atoms with van der Waals surface area (Å²) in [5, 5.41) is 2.37. The molecule has 0 radical (unpaired) electrons. The van der Waals surface area contributed by atoms with Crippen LogP contribution in [0.25, 0.3) is 11.1 Å². The predicted molar refractivity (Wildman–Crippen MR) is 77.7 cm³/mol. The van der Waals surface area contributed by atoms with E-state index in [2.05, 4.69) is 17.2 Å². The van der Waals surface area contributed by atoms with Crippen LogP contribution in [-0.2, 0) is 4.79 Å². The zero-order chi connectivity index (χ0) is 15.2. The molecule has 1 aromatic carbocycles. The van der Waals surface area contributed by atoms with E-state index in [0.717, 1.165) is 12.0 Å². The molecule has 1 fully saturated rings. The monoisotopic (exact) mass is 290 g/mol.